The molecule has 23 heavy (non-hydrogen) atoms. The fourth-order valence-electron chi connectivity index (χ4n) is 2.77. The summed E-state index contributed by atoms with van der Waals surface area (Å²) in [7, 11) is 0. The second-order valence-electron chi connectivity index (χ2n) is 5.43. The van der Waals surface area contributed by atoms with Crippen molar-refractivity contribution >= 4 is 22.4 Å². The largest absolute Gasteiger partial charge is 0.340 e. The molecule has 1 heterocycles. The molecule has 0 aliphatic heterocycles. The van der Waals surface area contributed by atoms with Gasteiger partial charge >= 0.3 is 0 Å². The molecular weight excluding hydrogens is 280 g/mol. The highest BCUT2D eigenvalue weighted by molar-refractivity contribution is 5.96. The molecule has 0 bridgehead atoms. The zero-order valence-electron chi connectivity index (χ0n) is 12.6. The number of anilines is 2. The SMILES string of the molecule is c1ccc(Nc2cc(-c3ccccc3)c3ccccc3n2)cc1. The van der Waals surface area contributed by atoms with Crippen LogP contribution in [0.25, 0.3) is 22.0 Å². The Balaban J connectivity index is 1.87. The minimum atomic E-state index is 0.855. The zero-order chi connectivity index (χ0) is 15.5. The van der Waals surface area contributed by atoms with Crippen molar-refractivity contribution in [3.63, 3.8) is 0 Å². The minimum Gasteiger partial charge on any atom is -0.340 e. The third kappa shape index (κ3) is 2.79. The van der Waals surface area contributed by atoms with Crippen LogP contribution >= 0.6 is 0 Å². The van der Waals surface area contributed by atoms with Crippen molar-refractivity contribution in [1.29, 1.82) is 0 Å². The topological polar surface area (TPSA) is 24.9 Å². The van der Waals surface area contributed by atoms with Crippen LogP contribution in [0.3, 0.4) is 0 Å². The first-order valence-corrected chi connectivity index (χ1v) is 7.67. The summed E-state index contributed by atoms with van der Waals surface area (Å²) in [5, 5.41) is 4.56. The summed E-state index contributed by atoms with van der Waals surface area (Å²) in [6.45, 7) is 0. The lowest BCUT2D eigenvalue weighted by Gasteiger charge is -2.11. The van der Waals surface area contributed by atoms with E-state index in [-0.39, 0.29) is 0 Å². The van der Waals surface area contributed by atoms with Gasteiger partial charge in [-0.15, -0.1) is 0 Å². The molecule has 0 saturated heterocycles. The van der Waals surface area contributed by atoms with Gasteiger partial charge in [-0.3, -0.25) is 0 Å². The molecule has 4 rings (SSSR count). The maximum Gasteiger partial charge on any atom is 0.131 e. The number of para-hydroxylation sites is 2. The lowest BCUT2D eigenvalue weighted by molar-refractivity contribution is 1.37. The van der Waals surface area contributed by atoms with Crippen LogP contribution in [0.4, 0.5) is 11.5 Å². The molecule has 0 amide bonds. The lowest BCUT2D eigenvalue weighted by Crippen LogP contribution is -1.95. The molecule has 2 nitrogen and oxygen atoms in total. The standard InChI is InChI=1S/C21H16N2/c1-3-9-16(10-4-1)19-15-21(22-17-11-5-2-6-12-17)23-20-14-8-7-13-18(19)20/h1-15H,(H,22,23). The molecule has 0 aliphatic carbocycles. The van der Waals surface area contributed by atoms with E-state index in [1.807, 2.05) is 42.5 Å². The van der Waals surface area contributed by atoms with Crippen molar-refractivity contribution in [2.24, 2.45) is 0 Å². The Morgan fingerprint density at radius 1 is 0.652 bits per heavy atom. The van der Waals surface area contributed by atoms with Crippen molar-refractivity contribution in [1.82, 2.24) is 4.98 Å². The van der Waals surface area contributed by atoms with E-state index < -0.39 is 0 Å². The molecule has 0 aliphatic rings. The Labute approximate surface area is 135 Å². The predicted molar refractivity (Wildman–Crippen MR) is 96.9 cm³/mol. The smallest absolute Gasteiger partial charge is 0.131 e. The average molecular weight is 296 g/mol. The third-order valence-corrected chi connectivity index (χ3v) is 3.85. The normalized spacial score (nSPS) is 10.6. The number of hydrogen-bond acceptors (Lipinski definition) is 2. The number of nitrogens with one attached hydrogen (secondary N) is 1. The average Bonchev–Trinajstić information content (AvgIpc) is 2.63. The third-order valence-electron chi connectivity index (χ3n) is 3.85. The summed E-state index contributed by atoms with van der Waals surface area (Å²) >= 11 is 0. The Kier molecular flexibility index (Phi) is 3.49. The summed E-state index contributed by atoms with van der Waals surface area (Å²) in [5.41, 5.74) is 4.42. The van der Waals surface area contributed by atoms with Gasteiger partial charge in [0.25, 0.3) is 0 Å². The van der Waals surface area contributed by atoms with E-state index in [1.54, 1.807) is 0 Å². The van der Waals surface area contributed by atoms with Gasteiger partial charge in [0.1, 0.15) is 5.82 Å². The first kappa shape index (κ1) is 13.5. The number of nitrogens with zero attached hydrogens (tertiary/aromatic N) is 1. The van der Waals surface area contributed by atoms with E-state index in [0.717, 1.165) is 22.4 Å². The van der Waals surface area contributed by atoms with Gasteiger partial charge in [0.05, 0.1) is 5.52 Å². The van der Waals surface area contributed by atoms with Gasteiger partial charge in [-0.05, 0) is 35.4 Å². The van der Waals surface area contributed by atoms with E-state index in [1.165, 1.54) is 11.1 Å². The molecule has 1 aromatic heterocycles. The molecular formula is C21H16N2. The first-order valence-electron chi connectivity index (χ1n) is 7.67. The highest BCUT2D eigenvalue weighted by Crippen LogP contribution is 2.30. The Morgan fingerprint density at radius 3 is 2.09 bits per heavy atom. The predicted octanol–water partition coefficient (Wildman–Crippen LogP) is 5.65. The molecule has 2 heteroatoms. The van der Waals surface area contributed by atoms with Crippen LogP contribution < -0.4 is 5.32 Å². The summed E-state index contributed by atoms with van der Waals surface area (Å²) in [6.07, 6.45) is 0. The van der Waals surface area contributed by atoms with Crippen LogP contribution in [-0.2, 0) is 0 Å². The molecule has 0 fully saturated rings. The van der Waals surface area contributed by atoms with Gasteiger partial charge in [0.15, 0.2) is 0 Å². The van der Waals surface area contributed by atoms with Crippen LogP contribution in [0.15, 0.2) is 91.0 Å². The monoisotopic (exact) mass is 296 g/mol. The highest BCUT2D eigenvalue weighted by atomic mass is 15.0. The molecule has 4 aromatic rings. The lowest BCUT2D eigenvalue weighted by atomic mass is 10.0. The minimum absolute atomic E-state index is 0.855. The van der Waals surface area contributed by atoms with Crippen molar-refractivity contribution < 1.29 is 0 Å². The number of rotatable bonds is 3. The molecule has 0 spiro atoms. The molecule has 3 aromatic carbocycles. The van der Waals surface area contributed by atoms with E-state index in [0.29, 0.717) is 0 Å². The molecule has 0 unspecified atom stereocenters. The van der Waals surface area contributed by atoms with Crippen molar-refractivity contribution in [3.8, 4) is 11.1 Å². The van der Waals surface area contributed by atoms with E-state index in [4.69, 9.17) is 4.98 Å². The Morgan fingerprint density at radius 2 is 1.30 bits per heavy atom. The zero-order valence-corrected chi connectivity index (χ0v) is 12.6. The van der Waals surface area contributed by atoms with Crippen LogP contribution in [0, 0.1) is 0 Å². The number of fused-ring (bicyclic) bond motifs is 1. The quantitative estimate of drug-likeness (QED) is 0.528. The maximum atomic E-state index is 4.75. The number of pyridine rings is 1. The van der Waals surface area contributed by atoms with Gasteiger partial charge in [-0.2, -0.15) is 0 Å². The summed E-state index contributed by atoms with van der Waals surface area (Å²) in [6, 6.07) is 30.9. The fraction of sp³-hybridized carbons (Fsp3) is 0. The van der Waals surface area contributed by atoms with Crippen LogP contribution in [0.2, 0.25) is 0 Å². The van der Waals surface area contributed by atoms with Gasteiger partial charge in [-0.1, -0.05) is 66.7 Å². The molecule has 0 atom stereocenters. The van der Waals surface area contributed by atoms with Crippen LogP contribution in [0.1, 0.15) is 0 Å². The molecule has 0 saturated carbocycles. The summed E-state index contributed by atoms with van der Waals surface area (Å²) in [5.74, 6) is 0.855. The summed E-state index contributed by atoms with van der Waals surface area (Å²) < 4.78 is 0. The van der Waals surface area contributed by atoms with Gasteiger partial charge in [-0.25, -0.2) is 4.98 Å². The number of hydrogen-bond donors (Lipinski definition) is 1. The highest BCUT2D eigenvalue weighted by Gasteiger charge is 2.07. The van der Waals surface area contributed by atoms with Crippen molar-refractivity contribution in [3.05, 3.63) is 91.0 Å². The first-order chi connectivity index (χ1) is 11.4. The van der Waals surface area contributed by atoms with Gasteiger partial charge < -0.3 is 5.32 Å². The van der Waals surface area contributed by atoms with Gasteiger partial charge in [0.2, 0.25) is 0 Å². The molecule has 0 radical (unpaired) electrons. The van der Waals surface area contributed by atoms with Crippen LogP contribution in [-0.4, -0.2) is 4.98 Å². The maximum absolute atomic E-state index is 4.75. The fourth-order valence-corrected chi connectivity index (χ4v) is 2.77. The number of aromatic nitrogens is 1. The van der Waals surface area contributed by atoms with Crippen molar-refractivity contribution in [2.75, 3.05) is 5.32 Å². The second-order valence-corrected chi connectivity index (χ2v) is 5.43. The van der Waals surface area contributed by atoms with Crippen LogP contribution in [0.5, 0.6) is 0 Å². The van der Waals surface area contributed by atoms with E-state index >= 15 is 0 Å². The number of benzene rings is 3. The Bertz CT molecular complexity index is 931. The second kappa shape index (κ2) is 5.93. The summed E-state index contributed by atoms with van der Waals surface area (Å²) in [4.78, 5) is 4.75. The Hall–Kier alpha value is -3.13. The molecule has 110 valence electrons. The molecule has 1 N–H and O–H groups in total. The van der Waals surface area contributed by atoms with E-state index in [2.05, 4.69) is 53.8 Å². The van der Waals surface area contributed by atoms with E-state index in [9.17, 15) is 0 Å². The van der Waals surface area contributed by atoms with Crippen molar-refractivity contribution in [2.45, 2.75) is 0 Å². The van der Waals surface area contributed by atoms with Gasteiger partial charge in [0, 0.05) is 11.1 Å².